The van der Waals surface area contributed by atoms with E-state index < -0.39 is 15.9 Å². The molecule has 0 saturated carbocycles. The van der Waals surface area contributed by atoms with E-state index in [0.29, 0.717) is 22.7 Å². The van der Waals surface area contributed by atoms with Gasteiger partial charge in [0.1, 0.15) is 0 Å². The number of benzene rings is 3. The van der Waals surface area contributed by atoms with Gasteiger partial charge in [-0.25, -0.2) is 8.42 Å². The Bertz CT molecular complexity index is 1640. The topological polar surface area (TPSA) is 101 Å². The fourth-order valence-electron chi connectivity index (χ4n) is 3.88. The number of aromatic nitrogens is 1. The Hall–Kier alpha value is -4.02. The zero-order valence-electron chi connectivity index (χ0n) is 20.4. The lowest BCUT2D eigenvalue weighted by Crippen LogP contribution is -2.30. The van der Waals surface area contributed by atoms with E-state index >= 15 is 0 Å². The summed E-state index contributed by atoms with van der Waals surface area (Å²) in [6.45, 7) is 7.70. The van der Waals surface area contributed by atoms with Gasteiger partial charge in [-0.05, 0) is 61.5 Å². The number of carbonyl (C=O) groups excluding carboxylic acids is 2. The Balaban J connectivity index is 1.67. The van der Waals surface area contributed by atoms with Crippen LogP contribution in [0.3, 0.4) is 0 Å². The minimum absolute atomic E-state index is 0.0869. The lowest BCUT2D eigenvalue weighted by Gasteiger charge is -2.22. The summed E-state index contributed by atoms with van der Waals surface area (Å²) in [5, 5.41) is 2.75. The minimum Gasteiger partial charge on any atom is -0.326 e. The number of fused-ring (bicyclic) bond motifs is 1. The summed E-state index contributed by atoms with van der Waals surface area (Å²) >= 11 is 1.31. The molecule has 0 atom stereocenters. The number of hydrogen-bond acceptors (Lipinski definition) is 5. The molecule has 4 aromatic rings. The third-order valence-corrected chi connectivity index (χ3v) is 8.49. The van der Waals surface area contributed by atoms with Gasteiger partial charge in [-0.1, -0.05) is 35.6 Å². The zero-order valence-corrected chi connectivity index (χ0v) is 22.1. The van der Waals surface area contributed by atoms with Crippen LogP contribution in [0.2, 0.25) is 0 Å². The maximum Gasteiger partial charge on any atom is 0.279 e. The predicted octanol–water partition coefficient (Wildman–Crippen LogP) is 4.80. The number of sulfonamides is 1. The summed E-state index contributed by atoms with van der Waals surface area (Å²) in [6, 6.07) is 20.1. The normalized spacial score (nSPS) is 11.9. The predicted molar refractivity (Wildman–Crippen MR) is 147 cm³/mol. The number of nitrogens with one attached hydrogen (secondary N) is 1. The zero-order chi connectivity index (χ0) is 26.6. The highest BCUT2D eigenvalue weighted by atomic mass is 32.2. The van der Waals surface area contributed by atoms with Gasteiger partial charge in [0.05, 0.1) is 20.8 Å². The van der Waals surface area contributed by atoms with Crippen molar-refractivity contribution in [3.63, 3.8) is 0 Å². The molecule has 0 bridgehead atoms. The first-order valence-corrected chi connectivity index (χ1v) is 13.8. The molecule has 1 aromatic heterocycles. The number of amides is 2. The lowest BCUT2D eigenvalue weighted by molar-refractivity contribution is -0.114. The Labute approximate surface area is 219 Å². The number of hydrogen-bond donors (Lipinski definition) is 1. The van der Waals surface area contributed by atoms with Crippen molar-refractivity contribution in [2.45, 2.75) is 25.3 Å². The van der Waals surface area contributed by atoms with Gasteiger partial charge in [-0.15, -0.1) is 6.58 Å². The number of thiazole rings is 1. The molecule has 10 heteroatoms. The van der Waals surface area contributed by atoms with Gasteiger partial charge >= 0.3 is 0 Å². The molecule has 2 amide bonds. The van der Waals surface area contributed by atoms with Crippen LogP contribution in [-0.4, -0.2) is 31.3 Å². The van der Waals surface area contributed by atoms with E-state index in [2.05, 4.69) is 16.9 Å². The molecule has 190 valence electrons. The Morgan fingerprint density at radius 1 is 1.08 bits per heavy atom. The van der Waals surface area contributed by atoms with Crippen LogP contribution in [0.5, 0.6) is 0 Å². The monoisotopic (exact) mass is 534 g/mol. The number of carbonyl (C=O) groups is 2. The van der Waals surface area contributed by atoms with Crippen molar-refractivity contribution >= 4 is 54.8 Å². The van der Waals surface area contributed by atoms with E-state index in [-0.39, 0.29) is 22.9 Å². The number of para-hydroxylation sites is 1. The number of allylic oxidation sites excluding steroid dienone is 1. The second kappa shape index (κ2) is 10.9. The van der Waals surface area contributed by atoms with Gasteiger partial charge in [0.25, 0.3) is 15.9 Å². The van der Waals surface area contributed by atoms with Gasteiger partial charge in [0.15, 0.2) is 4.80 Å². The van der Waals surface area contributed by atoms with Crippen LogP contribution in [0.25, 0.3) is 10.2 Å². The van der Waals surface area contributed by atoms with Crippen LogP contribution in [-0.2, 0) is 21.4 Å². The van der Waals surface area contributed by atoms with E-state index in [1.54, 1.807) is 43.3 Å². The Kier molecular flexibility index (Phi) is 7.70. The summed E-state index contributed by atoms with van der Waals surface area (Å²) in [7, 11) is -3.80. The van der Waals surface area contributed by atoms with Crippen LogP contribution in [0.4, 0.5) is 11.4 Å². The van der Waals surface area contributed by atoms with Gasteiger partial charge in [0, 0.05) is 31.3 Å². The molecule has 1 heterocycles. The Morgan fingerprint density at radius 2 is 1.78 bits per heavy atom. The summed E-state index contributed by atoms with van der Waals surface area (Å²) in [5.74, 6) is -0.669. The summed E-state index contributed by atoms with van der Waals surface area (Å²) in [4.78, 5) is 29.3. The van der Waals surface area contributed by atoms with Crippen molar-refractivity contribution in [1.82, 2.24) is 4.57 Å². The average Bonchev–Trinajstić information content (AvgIpc) is 3.21. The SMILES string of the molecule is C=CCn1c(=NC(=O)c2ccc(S(=O)(=O)N(CC)c3ccccc3)cc2)sc2cc(NC(C)=O)ccc21. The molecule has 0 aliphatic heterocycles. The van der Waals surface area contributed by atoms with Crippen LogP contribution < -0.4 is 14.4 Å². The molecule has 1 N–H and O–H groups in total. The quantitative estimate of drug-likeness (QED) is 0.328. The first kappa shape index (κ1) is 26.1. The van der Waals surface area contributed by atoms with Crippen molar-refractivity contribution in [2.24, 2.45) is 4.99 Å². The van der Waals surface area contributed by atoms with E-state index in [0.717, 1.165) is 10.2 Å². The van der Waals surface area contributed by atoms with Gasteiger partial charge in [-0.2, -0.15) is 4.99 Å². The second-order valence-electron chi connectivity index (χ2n) is 8.09. The first-order valence-electron chi connectivity index (χ1n) is 11.5. The number of rotatable bonds is 8. The van der Waals surface area contributed by atoms with Gasteiger partial charge in [-0.3, -0.25) is 13.9 Å². The third-order valence-electron chi connectivity index (χ3n) is 5.53. The molecule has 0 spiro atoms. The first-order chi connectivity index (χ1) is 17.7. The van der Waals surface area contributed by atoms with Crippen molar-refractivity contribution in [2.75, 3.05) is 16.2 Å². The van der Waals surface area contributed by atoms with Crippen molar-refractivity contribution in [1.29, 1.82) is 0 Å². The molecule has 8 nitrogen and oxygen atoms in total. The van der Waals surface area contributed by atoms with E-state index in [4.69, 9.17) is 0 Å². The molecule has 0 aliphatic carbocycles. The Morgan fingerprint density at radius 3 is 2.41 bits per heavy atom. The molecule has 0 saturated heterocycles. The fraction of sp³-hybridized carbons (Fsp3) is 0.148. The molecule has 37 heavy (non-hydrogen) atoms. The number of anilines is 2. The summed E-state index contributed by atoms with van der Waals surface area (Å²) in [5.41, 5.74) is 2.34. The smallest absolute Gasteiger partial charge is 0.279 e. The maximum atomic E-state index is 13.2. The lowest BCUT2D eigenvalue weighted by atomic mass is 10.2. The summed E-state index contributed by atoms with van der Waals surface area (Å²) in [6.07, 6.45) is 1.71. The molecule has 0 radical (unpaired) electrons. The van der Waals surface area contributed by atoms with Crippen LogP contribution in [0.1, 0.15) is 24.2 Å². The highest BCUT2D eigenvalue weighted by molar-refractivity contribution is 7.92. The molecule has 4 rings (SSSR count). The van der Waals surface area contributed by atoms with Gasteiger partial charge in [0.2, 0.25) is 5.91 Å². The van der Waals surface area contributed by atoms with E-state index in [9.17, 15) is 18.0 Å². The van der Waals surface area contributed by atoms with E-state index in [1.165, 1.54) is 46.8 Å². The second-order valence-corrected chi connectivity index (χ2v) is 11.0. The molecular formula is C27H26N4O4S2. The minimum atomic E-state index is -3.80. The van der Waals surface area contributed by atoms with Crippen molar-refractivity contribution in [3.05, 3.63) is 95.8 Å². The van der Waals surface area contributed by atoms with Crippen LogP contribution in [0, 0.1) is 0 Å². The highest BCUT2D eigenvalue weighted by Gasteiger charge is 2.23. The molecular weight excluding hydrogens is 508 g/mol. The van der Waals surface area contributed by atoms with Gasteiger partial charge < -0.3 is 9.88 Å². The van der Waals surface area contributed by atoms with Crippen LogP contribution in [0.15, 0.2) is 95.3 Å². The number of nitrogens with zero attached hydrogens (tertiary/aromatic N) is 3. The third kappa shape index (κ3) is 5.55. The molecule has 0 fully saturated rings. The van der Waals surface area contributed by atoms with Crippen LogP contribution >= 0.6 is 11.3 Å². The fourth-order valence-corrected chi connectivity index (χ4v) is 6.43. The standard InChI is InChI=1S/C27H26N4O4S2/c1-4-17-30-24-16-13-21(28-19(3)32)18-25(24)36-27(30)29-26(33)20-11-14-23(15-12-20)37(34,35)31(5-2)22-9-7-6-8-10-22/h4,6-16,18H,1,5,17H2,2-3H3,(H,28,32). The average molecular weight is 535 g/mol. The maximum absolute atomic E-state index is 13.2. The molecule has 0 aliphatic rings. The van der Waals surface area contributed by atoms with Crippen molar-refractivity contribution in [3.8, 4) is 0 Å². The largest absolute Gasteiger partial charge is 0.326 e. The summed E-state index contributed by atoms with van der Waals surface area (Å²) < 4.78 is 30.5. The van der Waals surface area contributed by atoms with Crippen molar-refractivity contribution < 1.29 is 18.0 Å². The van der Waals surface area contributed by atoms with E-state index in [1.807, 2.05) is 22.8 Å². The highest BCUT2D eigenvalue weighted by Crippen LogP contribution is 2.24. The molecule has 0 unspecified atom stereocenters. The molecule has 3 aromatic carbocycles.